The third-order valence-electron chi connectivity index (χ3n) is 12.7. The summed E-state index contributed by atoms with van der Waals surface area (Å²) in [4.78, 5) is 18.3. The minimum absolute atomic E-state index is 0.818. The Morgan fingerprint density at radius 2 is 0.691 bits per heavy atom. The first-order valence-electron chi connectivity index (χ1n) is 22.9. The van der Waals surface area contributed by atoms with Gasteiger partial charge in [-0.1, -0.05) is 188 Å². The van der Waals surface area contributed by atoms with Crippen molar-refractivity contribution in [3.8, 4) is 78.3 Å². The number of hydrogen-bond donors (Lipinski definition) is 0. The number of imidazole rings is 1. The molecule has 320 valence electrons. The molecule has 0 aliphatic carbocycles. The van der Waals surface area contributed by atoms with Gasteiger partial charge in [-0.2, -0.15) is 0 Å². The Morgan fingerprint density at radius 1 is 0.294 bits per heavy atom. The predicted octanol–water partition coefficient (Wildman–Crippen LogP) is 16.4. The summed E-state index contributed by atoms with van der Waals surface area (Å²) in [7, 11) is 0. The van der Waals surface area contributed by atoms with Gasteiger partial charge in [-0.05, 0) is 105 Å². The van der Waals surface area contributed by atoms with E-state index in [1.165, 1.54) is 0 Å². The van der Waals surface area contributed by atoms with Crippen LogP contribution >= 0.6 is 0 Å². The van der Waals surface area contributed by atoms with Crippen LogP contribution in [0.4, 0.5) is 17.1 Å². The summed E-state index contributed by atoms with van der Waals surface area (Å²) in [5, 5.41) is 0. The van der Waals surface area contributed by atoms with E-state index in [2.05, 4.69) is 240 Å². The highest BCUT2D eigenvalue weighted by Gasteiger charge is 2.21. The fraction of sp³-hybridized carbons (Fsp3) is 0. The van der Waals surface area contributed by atoms with Crippen LogP contribution in [-0.2, 0) is 0 Å². The molecule has 0 saturated carbocycles. The maximum Gasteiger partial charge on any atom is 0.137 e. The summed E-state index contributed by atoms with van der Waals surface area (Å²) < 4.78 is 2.05. The molecular weight excluding hydrogens is 827 g/mol. The van der Waals surface area contributed by atoms with Crippen molar-refractivity contribution in [2.45, 2.75) is 0 Å². The minimum atomic E-state index is 0.818. The number of nitrogens with zero attached hydrogens (tertiary/aromatic N) is 5. The molecule has 0 aliphatic heterocycles. The highest BCUT2D eigenvalue weighted by atomic mass is 15.1. The molecule has 0 bridgehead atoms. The van der Waals surface area contributed by atoms with Gasteiger partial charge in [-0.15, -0.1) is 0 Å². The lowest BCUT2D eigenvalue weighted by atomic mass is 9.86. The molecule has 0 radical (unpaired) electrons. The number of fused-ring (bicyclic) bond motifs is 2. The number of benzene rings is 9. The second-order valence-electron chi connectivity index (χ2n) is 16.9. The average molecular weight is 870 g/mol. The summed E-state index contributed by atoms with van der Waals surface area (Å²) in [6, 6.07) is 87.5. The molecule has 0 unspecified atom stereocenters. The van der Waals surface area contributed by atoms with Crippen molar-refractivity contribution in [2.75, 3.05) is 4.90 Å². The van der Waals surface area contributed by atoms with Crippen LogP contribution in [0.3, 0.4) is 0 Å². The largest absolute Gasteiger partial charge is 0.311 e. The standard InChI is InChI=1S/C63H43N5/c1-5-19-44(20-6-1)52-27-13-15-29-54(52)56-41-58-59(42-57(56)55-30-16-14-28-53(55)45-21-7-2-8-22-45)66-63(62(65-58)47-23-9-3-10-24-47)48-34-38-51(39-35-48)68(49-25-11-4-12-26-49)50-36-32-46(33-37-50)60-43-67-40-18-17-31-61(67)64-60/h1-43H. The van der Waals surface area contributed by atoms with Crippen molar-refractivity contribution in [1.82, 2.24) is 19.4 Å². The molecule has 0 N–H and O–H groups in total. The van der Waals surface area contributed by atoms with Crippen molar-refractivity contribution in [2.24, 2.45) is 0 Å². The lowest BCUT2D eigenvalue weighted by molar-refractivity contribution is 1.19. The first-order chi connectivity index (χ1) is 33.7. The normalized spacial score (nSPS) is 11.2. The van der Waals surface area contributed by atoms with Gasteiger partial charge in [0.05, 0.1) is 28.1 Å². The zero-order chi connectivity index (χ0) is 45.2. The highest BCUT2D eigenvalue weighted by Crippen LogP contribution is 2.44. The van der Waals surface area contributed by atoms with Crippen molar-refractivity contribution in [1.29, 1.82) is 0 Å². The number of pyridine rings is 1. The van der Waals surface area contributed by atoms with Crippen LogP contribution in [0, 0.1) is 0 Å². The van der Waals surface area contributed by atoms with E-state index in [-0.39, 0.29) is 0 Å². The topological polar surface area (TPSA) is 46.3 Å². The van der Waals surface area contributed by atoms with Crippen LogP contribution in [0.15, 0.2) is 261 Å². The molecule has 3 aromatic heterocycles. The Hall–Kier alpha value is -9.19. The molecule has 12 aromatic rings. The van der Waals surface area contributed by atoms with Crippen LogP contribution in [0.1, 0.15) is 0 Å². The Morgan fingerprint density at radius 3 is 1.19 bits per heavy atom. The summed E-state index contributed by atoms with van der Waals surface area (Å²) in [6.07, 6.45) is 4.10. The summed E-state index contributed by atoms with van der Waals surface area (Å²) in [5.41, 5.74) is 20.4. The van der Waals surface area contributed by atoms with E-state index in [0.717, 1.165) is 112 Å². The molecule has 0 amide bonds. The van der Waals surface area contributed by atoms with E-state index in [4.69, 9.17) is 15.0 Å². The molecule has 0 aliphatic rings. The maximum absolute atomic E-state index is 5.59. The summed E-state index contributed by atoms with van der Waals surface area (Å²) >= 11 is 0. The Kier molecular flexibility index (Phi) is 10.5. The first kappa shape index (κ1) is 40.3. The Labute approximate surface area is 395 Å². The van der Waals surface area contributed by atoms with Crippen molar-refractivity contribution in [3.63, 3.8) is 0 Å². The zero-order valence-electron chi connectivity index (χ0n) is 37.1. The van der Waals surface area contributed by atoms with Gasteiger partial charge in [-0.25, -0.2) is 15.0 Å². The minimum Gasteiger partial charge on any atom is -0.311 e. The van der Waals surface area contributed by atoms with E-state index < -0.39 is 0 Å². The fourth-order valence-corrected chi connectivity index (χ4v) is 9.37. The van der Waals surface area contributed by atoms with Crippen LogP contribution in [-0.4, -0.2) is 19.4 Å². The van der Waals surface area contributed by atoms with E-state index in [1.807, 2.05) is 30.5 Å². The van der Waals surface area contributed by atoms with Crippen molar-refractivity contribution < 1.29 is 0 Å². The monoisotopic (exact) mass is 869 g/mol. The number of aromatic nitrogens is 4. The third kappa shape index (κ3) is 7.68. The molecule has 5 heteroatoms. The molecule has 0 fully saturated rings. The van der Waals surface area contributed by atoms with Crippen LogP contribution in [0.2, 0.25) is 0 Å². The van der Waals surface area contributed by atoms with Crippen LogP contribution in [0.25, 0.3) is 95.0 Å². The van der Waals surface area contributed by atoms with Gasteiger partial charge < -0.3 is 9.30 Å². The van der Waals surface area contributed by atoms with Gasteiger partial charge >= 0.3 is 0 Å². The highest BCUT2D eigenvalue weighted by molar-refractivity contribution is 6.01. The number of para-hydroxylation sites is 1. The predicted molar refractivity (Wildman–Crippen MR) is 281 cm³/mol. The van der Waals surface area contributed by atoms with E-state index in [9.17, 15) is 0 Å². The van der Waals surface area contributed by atoms with Crippen LogP contribution < -0.4 is 4.90 Å². The Balaban J connectivity index is 1.01. The lowest BCUT2D eigenvalue weighted by Gasteiger charge is -2.26. The van der Waals surface area contributed by atoms with E-state index >= 15 is 0 Å². The molecular formula is C63H43N5. The van der Waals surface area contributed by atoms with E-state index in [0.29, 0.717) is 0 Å². The third-order valence-corrected chi connectivity index (χ3v) is 12.7. The summed E-state index contributed by atoms with van der Waals surface area (Å²) in [6.45, 7) is 0. The van der Waals surface area contributed by atoms with E-state index in [1.54, 1.807) is 0 Å². The number of anilines is 3. The molecule has 0 spiro atoms. The zero-order valence-corrected chi connectivity index (χ0v) is 37.1. The molecule has 0 saturated heterocycles. The van der Waals surface area contributed by atoms with Gasteiger partial charge in [0, 0.05) is 46.1 Å². The quantitative estimate of drug-likeness (QED) is 0.137. The molecule has 5 nitrogen and oxygen atoms in total. The van der Waals surface area contributed by atoms with Crippen LogP contribution in [0.5, 0.6) is 0 Å². The Bertz CT molecular complexity index is 3670. The molecule has 3 heterocycles. The van der Waals surface area contributed by atoms with Gasteiger partial charge in [0.15, 0.2) is 0 Å². The smallest absolute Gasteiger partial charge is 0.137 e. The summed E-state index contributed by atoms with van der Waals surface area (Å²) in [5.74, 6) is 0. The van der Waals surface area contributed by atoms with Gasteiger partial charge in [-0.3, -0.25) is 0 Å². The second kappa shape index (κ2) is 17.7. The molecule has 9 aromatic carbocycles. The fourth-order valence-electron chi connectivity index (χ4n) is 9.37. The molecule has 12 rings (SSSR count). The van der Waals surface area contributed by atoms with Gasteiger partial charge in [0.2, 0.25) is 0 Å². The average Bonchev–Trinajstić information content (AvgIpc) is 3.86. The maximum atomic E-state index is 5.59. The van der Waals surface area contributed by atoms with Gasteiger partial charge in [0.1, 0.15) is 5.65 Å². The lowest BCUT2D eigenvalue weighted by Crippen LogP contribution is -2.09. The SMILES string of the molecule is c1ccc(-c2ccccc2-c2cc3nc(-c4ccccc4)c(-c4ccc(N(c5ccccc5)c5ccc(-c6cn7ccccc7n6)cc5)cc4)nc3cc2-c2ccccc2-c2ccccc2)cc1. The van der Waals surface area contributed by atoms with Crippen molar-refractivity contribution >= 4 is 33.7 Å². The number of rotatable bonds is 10. The number of hydrogen-bond acceptors (Lipinski definition) is 4. The first-order valence-corrected chi connectivity index (χ1v) is 22.9. The van der Waals surface area contributed by atoms with Crippen molar-refractivity contribution in [3.05, 3.63) is 261 Å². The molecule has 68 heavy (non-hydrogen) atoms. The van der Waals surface area contributed by atoms with Gasteiger partial charge in [0.25, 0.3) is 0 Å². The molecule has 0 atom stereocenters. The second-order valence-corrected chi connectivity index (χ2v) is 16.9.